The van der Waals surface area contributed by atoms with Crippen molar-refractivity contribution >= 4 is 29.2 Å². The summed E-state index contributed by atoms with van der Waals surface area (Å²) in [6, 6.07) is 14.0. The zero-order chi connectivity index (χ0) is 21.9. The molecule has 2 amide bonds. The molecule has 2 aliphatic rings. The normalized spacial score (nSPS) is 17.0. The number of para-hydroxylation sites is 1. The van der Waals surface area contributed by atoms with Crippen molar-refractivity contribution in [1.82, 2.24) is 19.6 Å². The highest BCUT2D eigenvalue weighted by Gasteiger charge is 2.31. The molecule has 5 rings (SSSR count). The molecule has 0 bridgehead atoms. The van der Waals surface area contributed by atoms with Crippen LogP contribution in [0.2, 0.25) is 0 Å². The van der Waals surface area contributed by atoms with Gasteiger partial charge in [-0.2, -0.15) is 5.10 Å². The van der Waals surface area contributed by atoms with Gasteiger partial charge in [-0.15, -0.1) is 11.3 Å². The van der Waals surface area contributed by atoms with Gasteiger partial charge in [0.1, 0.15) is 5.69 Å². The zero-order valence-electron chi connectivity index (χ0n) is 17.9. The molecule has 0 spiro atoms. The first-order valence-corrected chi connectivity index (χ1v) is 12.0. The lowest BCUT2D eigenvalue weighted by Crippen LogP contribution is -2.52. The first kappa shape index (κ1) is 20.7. The van der Waals surface area contributed by atoms with E-state index < -0.39 is 0 Å². The number of rotatable bonds is 5. The third kappa shape index (κ3) is 4.25. The van der Waals surface area contributed by atoms with Crippen molar-refractivity contribution in [2.75, 3.05) is 26.2 Å². The molecule has 0 radical (unpaired) electrons. The highest BCUT2D eigenvalue weighted by atomic mass is 32.1. The highest BCUT2D eigenvalue weighted by Crippen LogP contribution is 2.29. The summed E-state index contributed by atoms with van der Waals surface area (Å²) in [5, 5.41) is 6.81. The summed E-state index contributed by atoms with van der Waals surface area (Å²) < 4.78 is 1.85. The molecule has 2 fully saturated rings. The molecule has 1 aromatic carbocycles. The fourth-order valence-electron chi connectivity index (χ4n) is 4.15. The summed E-state index contributed by atoms with van der Waals surface area (Å²) in [4.78, 5) is 30.1. The van der Waals surface area contributed by atoms with Crippen molar-refractivity contribution < 1.29 is 9.59 Å². The second kappa shape index (κ2) is 9.12. The predicted molar refractivity (Wildman–Crippen MR) is 126 cm³/mol. The standard InChI is InChI=1S/C25H26N4O2S/c30-23(27-13-15-28(16-14-27)25(31)19-6-4-7-19)12-11-20-18-29(21-8-2-1-3-9-21)26-24(20)22-10-5-17-32-22/h1-3,5,8-12,17-19H,4,6-7,13-16H2/b12-11+. The summed E-state index contributed by atoms with van der Waals surface area (Å²) in [5.41, 5.74) is 2.75. The Bertz CT molecular complexity index is 1110. The maximum Gasteiger partial charge on any atom is 0.246 e. The predicted octanol–water partition coefficient (Wildman–Crippen LogP) is 4.08. The summed E-state index contributed by atoms with van der Waals surface area (Å²) in [6.45, 7) is 2.42. The van der Waals surface area contributed by atoms with Gasteiger partial charge in [0.15, 0.2) is 0 Å². The molecule has 3 heterocycles. The number of aromatic nitrogens is 2. The van der Waals surface area contributed by atoms with Crippen LogP contribution in [0.3, 0.4) is 0 Å². The molecule has 6 nitrogen and oxygen atoms in total. The van der Waals surface area contributed by atoms with Gasteiger partial charge in [0, 0.05) is 49.9 Å². The quantitative estimate of drug-likeness (QED) is 0.555. The molecule has 2 aromatic heterocycles. The van der Waals surface area contributed by atoms with E-state index in [-0.39, 0.29) is 17.7 Å². The van der Waals surface area contributed by atoms with Crippen LogP contribution < -0.4 is 0 Å². The first-order chi connectivity index (χ1) is 15.7. The van der Waals surface area contributed by atoms with E-state index in [1.807, 2.05) is 74.6 Å². The molecule has 7 heteroatoms. The number of carbonyl (C=O) groups is 2. The number of piperazine rings is 1. The molecule has 164 valence electrons. The smallest absolute Gasteiger partial charge is 0.246 e. The largest absolute Gasteiger partial charge is 0.339 e. The zero-order valence-corrected chi connectivity index (χ0v) is 18.7. The molecule has 1 saturated carbocycles. The van der Waals surface area contributed by atoms with Gasteiger partial charge in [-0.1, -0.05) is 30.7 Å². The number of carbonyl (C=O) groups excluding carboxylic acids is 2. The Hall–Kier alpha value is -3.19. The van der Waals surface area contributed by atoms with E-state index in [1.165, 1.54) is 0 Å². The van der Waals surface area contributed by atoms with Gasteiger partial charge in [0.25, 0.3) is 0 Å². The Labute approximate surface area is 191 Å². The second-order valence-corrected chi connectivity index (χ2v) is 9.25. The van der Waals surface area contributed by atoms with Gasteiger partial charge in [-0.25, -0.2) is 4.68 Å². The lowest BCUT2D eigenvalue weighted by Gasteiger charge is -2.37. The molecule has 32 heavy (non-hydrogen) atoms. The minimum atomic E-state index is -0.0228. The van der Waals surface area contributed by atoms with Gasteiger partial charge >= 0.3 is 0 Å². The van der Waals surface area contributed by atoms with Crippen LogP contribution in [-0.4, -0.2) is 57.6 Å². The number of hydrogen-bond acceptors (Lipinski definition) is 4. The van der Waals surface area contributed by atoms with Crippen LogP contribution in [0.5, 0.6) is 0 Å². The summed E-state index contributed by atoms with van der Waals surface area (Å²) in [7, 11) is 0. The molecule has 1 saturated heterocycles. The maximum absolute atomic E-state index is 12.8. The highest BCUT2D eigenvalue weighted by molar-refractivity contribution is 7.13. The van der Waals surface area contributed by atoms with E-state index in [2.05, 4.69) is 0 Å². The SMILES string of the molecule is O=C(/C=C/c1cn(-c2ccccc2)nc1-c1cccs1)N1CCN(C(=O)C2CCC2)CC1. The van der Waals surface area contributed by atoms with Crippen LogP contribution in [0.25, 0.3) is 22.3 Å². The van der Waals surface area contributed by atoms with Crippen molar-refractivity contribution in [3.63, 3.8) is 0 Å². The van der Waals surface area contributed by atoms with E-state index in [1.54, 1.807) is 17.4 Å². The number of amides is 2. The van der Waals surface area contributed by atoms with Crippen LogP contribution in [0.1, 0.15) is 24.8 Å². The van der Waals surface area contributed by atoms with Gasteiger partial charge in [0.2, 0.25) is 11.8 Å². The van der Waals surface area contributed by atoms with Gasteiger partial charge in [-0.05, 0) is 42.5 Å². The van der Waals surface area contributed by atoms with Crippen molar-refractivity contribution in [3.8, 4) is 16.3 Å². The van der Waals surface area contributed by atoms with E-state index >= 15 is 0 Å². The molecular formula is C25H26N4O2S. The fourth-order valence-corrected chi connectivity index (χ4v) is 4.89. The lowest BCUT2D eigenvalue weighted by molar-refractivity contribution is -0.142. The molecule has 1 aliphatic carbocycles. The van der Waals surface area contributed by atoms with E-state index in [0.29, 0.717) is 26.2 Å². The fraction of sp³-hybridized carbons (Fsp3) is 0.320. The molecule has 3 aromatic rings. The topological polar surface area (TPSA) is 58.4 Å². The molecule has 0 unspecified atom stereocenters. The molecule has 0 N–H and O–H groups in total. The first-order valence-electron chi connectivity index (χ1n) is 11.1. The number of thiophene rings is 1. The van der Waals surface area contributed by atoms with Crippen LogP contribution in [0.15, 0.2) is 60.1 Å². The summed E-state index contributed by atoms with van der Waals surface area (Å²) in [5.74, 6) is 0.465. The van der Waals surface area contributed by atoms with Gasteiger partial charge in [0.05, 0.1) is 10.6 Å². The Kier molecular flexibility index (Phi) is 5.90. The Balaban J connectivity index is 1.29. The number of hydrogen-bond donors (Lipinski definition) is 0. The summed E-state index contributed by atoms with van der Waals surface area (Å²) >= 11 is 1.63. The second-order valence-electron chi connectivity index (χ2n) is 8.30. The minimum absolute atomic E-state index is 0.0228. The van der Waals surface area contributed by atoms with Crippen molar-refractivity contribution in [3.05, 3.63) is 65.7 Å². The van der Waals surface area contributed by atoms with Gasteiger partial charge in [-0.3, -0.25) is 9.59 Å². The van der Waals surface area contributed by atoms with Gasteiger partial charge < -0.3 is 9.80 Å². The average molecular weight is 447 g/mol. The van der Waals surface area contributed by atoms with E-state index in [4.69, 9.17) is 5.10 Å². The van der Waals surface area contributed by atoms with E-state index in [9.17, 15) is 9.59 Å². The number of nitrogens with zero attached hydrogens (tertiary/aromatic N) is 4. The third-order valence-corrected chi connectivity index (χ3v) is 7.16. The van der Waals surface area contributed by atoms with Crippen molar-refractivity contribution in [1.29, 1.82) is 0 Å². The Morgan fingerprint density at radius 1 is 0.969 bits per heavy atom. The lowest BCUT2D eigenvalue weighted by atomic mass is 9.84. The van der Waals surface area contributed by atoms with Crippen LogP contribution >= 0.6 is 11.3 Å². The Morgan fingerprint density at radius 3 is 2.38 bits per heavy atom. The average Bonchev–Trinajstić information content (AvgIpc) is 3.47. The Morgan fingerprint density at radius 2 is 1.72 bits per heavy atom. The monoisotopic (exact) mass is 446 g/mol. The maximum atomic E-state index is 12.8. The van der Waals surface area contributed by atoms with Crippen molar-refractivity contribution in [2.24, 2.45) is 5.92 Å². The van der Waals surface area contributed by atoms with E-state index in [0.717, 1.165) is 41.1 Å². The number of benzene rings is 1. The molecule has 0 atom stereocenters. The third-order valence-electron chi connectivity index (χ3n) is 6.28. The summed E-state index contributed by atoms with van der Waals surface area (Å²) in [6.07, 6.45) is 8.65. The van der Waals surface area contributed by atoms with Crippen LogP contribution in [0.4, 0.5) is 0 Å². The van der Waals surface area contributed by atoms with Crippen LogP contribution in [0, 0.1) is 5.92 Å². The molecule has 1 aliphatic heterocycles. The minimum Gasteiger partial charge on any atom is -0.339 e. The van der Waals surface area contributed by atoms with Crippen molar-refractivity contribution in [2.45, 2.75) is 19.3 Å². The van der Waals surface area contributed by atoms with Crippen LogP contribution in [-0.2, 0) is 9.59 Å². The molecular weight excluding hydrogens is 420 g/mol.